The zero-order chi connectivity index (χ0) is 16.8. The summed E-state index contributed by atoms with van der Waals surface area (Å²) in [5, 5.41) is 8.08. The smallest absolute Gasteiger partial charge is 0.0483 e. The molecule has 24 heavy (non-hydrogen) atoms. The highest BCUT2D eigenvalue weighted by molar-refractivity contribution is 6.24. The van der Waals surface area contributed by atoms with Gasteiger partial charge in [-0.15, -0.1) is 0 Å². The molecule has 0 fully saturated rings. The summed E-state index contributed by atoms with van der Waals surface area (Å²) in [5.74, 6) is 0. The lowest BCUT2D eigenvalue weighted by Gasteiger charge is -2.18. The van der Waals surface area contributed by atoms with Gasteiger partial charge in [0.25, 0.3) is 0 Å². The summed E-state index contributed by atoms with van der Waals surface area (Å²) in [4.78, 5) is 9.93. The summed E-state index contributed by atoms with van der Waals surface area (Å²) in [5.41, 5.74) is 4.90. The largest absolute Gasteiger partial charge is 0.257 e. The van der Waals surface area contributed by atoms with Gasteiger partial charge in [0.15, 0.2) is 0 Å². The highest BCUT2D eigenvalue weighted by atomic mass is 14.7. The van der Waals surface area contributed by atoms with Crippen molar-refractivity contribution in [3.8, 4) is 0 Å². The topological polar surface area (TPSA) is 25.8 Å². The maximum Gasteiger partial charge on any atom is 0.0483 e. The minimum atomic E-state index is 0.973. The summed E-state index contributed by atoms with van der Waals surface area (Å²) >= 11 is 0. The lowest BCUT2D eigenvalue weighted by molar-refractivity contribution is 0.978. The Morgan fingerprint density at radius 2 is 0.750 bits per heavy atom. The van der Waals surface area contributed by atoms with Crippen LogP contribution in [0.2, 0.25) is 0 Å². The highest BCUT2D eigenvalue weighted by Crippen LogP contribution is 2.39. The molecule has 0 radical (unpaired) electrons. The number of benzene rings is 2. The molecule has 0 unspecified atom stereocenters. The van der Waals surface area contributed by atoms with E-state index in [0.717, 1.165) is 25.7 Å². The molecule has 0 saturated heterocycles. The average molecular weight is 316 g/mol. The Morgan fingerprint density at radius 1 is 0.500 bits per heavy atom. The third-order valence-corrected chi connectivity index (χ3v) is 5.28. The van der Waals surface area contributed by atoms with E-state index in [1.165, 1.54) is 55.1 Å². The van der Waals surface area contributed by atoms with E-state index < -0.39 is 0 Å². The number of nitrogens with zero attached hydrogens (tertiary/aromatic N) is 2. The summed E-state index contributed by atoms with van der Waals surface area (Å²) < 4.78 is 0. The highest BCUT2D eigenvalue weighted by Gasteiger charge is 2.18. The van der Waals surface area contributed by atoms with Gasteiger partial charge in [-0.2, -0.15) is 0 Å². The number of aryl methyl sites for hydroxylation is 4. The fourth-order valence-electron chi connectivity index (χ4n) is 4.10. The van der Waals surface area contributed by atoms with Gasteiger partial charge < -0.3 is 0 Å². The van der Waals surface area contributed by atoms with Gasteiger partial charge in [0, 0.05) is 55.1 Å². The van der Waals surface area contributed by atoms with Crippen molar-refractivity contribution in [3.63, 3.8) is 0 Å². The lowest BCUT2D eigenvalue weighted by Crippen LogP contribution is -2.02. The molecule has 0 N–H and O–H groups in total. The van der Waals surface area contributed by atoms with Crippen molar-refractivity contribution in [2.75, 3.05) is 0 Å². The Kier molecular flexibility index (Phi) is 3.64. The van der Waals surface area contributed by atoms with Gasteiger partial charge in [-0.3, -0.25) is 9.97 Å². The predicted octanol–water partition coefficient (Wildman–Crippen LogP) is 5.62. The van der Waals surface area contributed by atoms with Gasteiger partial charge in [0.05, 0.1) is 0 Å². The number of aromatic nitrogens is 2. The van der Waals surface area contributed by atoms with Crippen LogP contribution in [0, 0.1) is 0 Å². The SMILES string of the molecule is CCc1nc(CC)c2ccc3c(CC)nc(CC)c4ccc1c2c43. The molecule has 0 bridgehead atoms. The summed E-state index contributed by atoms with van der Waals surface area (Å²) in [6.45, 7) is 8.81. The van der Waals surface area contributed by atoms with Crippen LogP contribution in [0.15, 0.2) is 24.3 Å². The van der Waals surface area contributed by atoms with E-state index >= 15 is 0 Å². The van der Waals surface area contributed by atoms with Crippen LogP contribution < -0.4 is 0 Å². The molecule has 2 aromatic heterocycles. The second kappa shape index (κ2) is 5.70. The fraction of sp³-hybridized carbons (Fsp3) is 0.364. The van der Waals surface area contributed by atoms with Gasteiger partial charge >= 0.3 is 0 Å². The van der Waals surface area contributed by atoms with E-state index in [0.29, 0.717) is 0 Å². The Morgan fingerprint density at radius 3 is 0.958 bits per heavy atom. The van der Waals surface area contributed by atoms with Gasteiger partial charge in [-0.1, -0.05) is 52.0 Å². The van der Waals surface area contributed by atoms with Crippen LogP contribution in [0.4, 0.5) is 0 Å². The average Bonchev–Trinajstić information content (AvgIpc) is 2.64. The summed E-state index contributed by atoms with van der Waals surface area (Å²) in [7, 11) is 0. The van der Waals surface area contributed by atoms with Crippen LogP contribution >= 0.6 is 0 Å². The van der Waals surface area contributed by atoms with Gasteiger partial charge in [0.2, 0.25) is 0 Å². The first-order valence-corrected chi connectivity index (χ1v) is 9.21. The normalized spacial score (nSPS) is 12.0. The van der Waals surface area contributed by atoms with Crippen molar-refractivity contribution in [2.45, 2.75) is 53.4 Å². The zero-order valence-corrected chi connectivity index (χ0v) is 15.0. The quantitative estimate of drug-likeness (QED) is 0.456. The van der Waals surface area contributed by atoms with Crippen LogP contribution in [0.1, 0.15) is 50.5 Å². The van der Waals surface area contributed by atoms with E-state index in [9.17, 15) is 0 Å². The second-order valence-corrected chi connectivity index (χ2v) is 6.50. The molecule has 0 aliphatic heterocycles. The van der Waals surface area contributed by atoms with E-state index in [4.69, 9.17) is 9.97 Å². The molecule has 0 saturated carbocycles. The molecular weight excluding hydrogens is 292 g/mol. The first kappa shape index (κ1) is 15.3. The maximum absolute atomic E-state index is 4.96. The number of pyridine rings is 2. The molecule has 0 atom stereocenters. The number of hydrogen-bond donors (Lipinski definition) is 0. The Hall–Kier alpha value is -2.22. The molecule has 0 aliphatic rings. The number of hydrogen-bond acceptors (Lipinski definition) is 2. The standard InChI is InChI=1S/C22H24N2/c1-5-17-13-9-10-15-19(7-3)24-20(8-4)16-12-11-14(18(6-2)23-17)21(13)22(15)16/h9-12H,5-8H2,1-4H3. The van der Waals surface area contributed by atoms with Crippen molar-refractivity contribution in [2.24, 2.45) is 0 Å². The molecule has 2 aromatic carbocycles. The molecular formula is C22H24N2. The van der Waals surface area contributed by atoms with Crippen molar-refractivity contribution < 1.29 is 0 Å². The summed E-state index contributed by atoms with van der Waals surface area (Å²) in [6, 6.07) is 9.06. The van der Waals surface area contributed by atoms with Gasteiger partial charge in [-0.25, -0.2) is 0 Å². The third kappa shape index (κ3) is 1.95. The minimum absolute atomic E-state index is 0.973. The zero-order valence-electron chi connectivity index (χ0n) is 15.0. The predicted molar refractivity (Wildman–Crippen MR) is 103 cm³/mol. The molecule has 0 aliphatic carbocycles. The third-order valence-electron chi connectivity index (χ3n) is 5.28. The van der Waals surface area contributed by atoms with E-state index in [2.05, 4.69) is 52.0 Å². The second-order valence-electron chi connectivity index (χ2n) is 6.50. The Bertz CT molecular complexity index is 885. The van der Waals surface area contributed by atoms with Crippen LogP contribution in [0.3, 0.4) is 0 Å². The van der Waals surface area contributed by atoms with Crippen molar-refractivity contribution in [1.29, 1.82) is 0 Å². The van der Waals surface area contributed by atoms with Gasteiger partial charge in [0.1, 0.15) is 0 Å². The van der Waals surface area contributed by atoms with E-state index in [-0.39, 0.29) is 0 Å². The minimum Gasteiger partial charge on any atom is -0.257 e. The van der Waals surface area contributed by atoms with Crippen molar-refractivity contribution in [1.82, 2.24) is 9.97 Å². The number of rotatable bonds is 4. The lowest BCUT2D eigenvalue weighted by atomic mass is 9.90. The molecule has 4 rings (SSSR count). The molecule has 2 heterocycles. The van der Waals surface area contributed by atoms with Crippen molar-refractivity contribution in [3.05, 3.63) is 47.0 Å². The monoisotopic (exact) mass is 316 g/mol. The Labute approximate surface area is 143 Å². The van der Waals surface area contributed by atoms with Crippen LogP contribution in [-0.2, 0) is 25.7 Å². The van der Waals surface area contributed by atoms with E-state index in [1.54, 1.807) is 0 Å². The van der Waals surface area contributed by atoms with Crippen molar-refractivity contribution >= 4 is 32.3 Å². The molecule has 122 valence electrons. The maximum atomic E-state index is 4.96. The van der Waals surface area contributed by atoms with Gasteiger partial charge in [-0.05, 0) is 25.7 Å². The first-order valence-electron chi connectivity index (χ1n) is 9.21. The molecule has 2 nitrogen and oxygen atoms in total. The fourth-order valence-corrected chi connectivity index (χ4v) is 4.10. The Balaban J connectivity index is 2.33. The summed E-state index contributed by atoms with van der Waals surface area (Å²) in [6.07, 6.45) is 3.89. The molecule has 0 spiro atoms. The molecule has 4 aromatic rings. The van der Waals surface area contributed by atoms with Crippen LogP contribution in [0.5, 0.6) is 0 Å². The first-order chi connectivity index (χ1) is 11.7. The van der Waals surface area contributed by atoms with E-state index in [1.807, 2.05) is 0 Å². The van der Waals surface area contributed by atoms with Crippen LogP contribution in [0.25, 0.3) is 32.3 Å². The van der Waals surface area contributed by atoms with Crippen LogP contribution in [-0.4, -0.2) is 9.97 Å². The molecule has 2 heteroatoms. The molecule has 0 amide bonds.